The molecule has 0 aromatic heterocycles. The molecule has 2 aromatic carbocycles. The Labute approximate surface area is 162 Å². The summed E-state index contributed by atoms with van der Waals surface area (Å²) in [4.78, 5) is 6.59. The molecule has 1 aliphatic rings. The third kappa shape index (κ3) is 4.18. The summed E-state index contributed by atoms with van der Waals surface area (Å²) in [7, 11) is 7.31. The first-order valence-electron chi connectivity index (χ1n) is 9.31. The molecule has 1 N–H and O–H groups in total. The first-order chi connectivity index (χ1) is 13.1. The minimum Gasteiger partial charge on any atom is -0.496 e. The molecule has 0 unspecified atom stereocenters. The molecule has 5 nitrogen and oxygen atoms in total. The molecule has 0 radical (unpaired) electrons. The Balaban J connectivity index is 1.67. The summed E-state index contributed by atoms with van der Waals surface area (Å²) in [6.45, 7) is 1.57. The van der Waals surface area contributed by atoms with Crippen molar-refractivity contribution in [2.24, 2.45) is 4.99 Å². The lowest BCUT2D eigenvalue weighted by Crippen LogP contribution is -2.42. The predicted molar refractivity (Wildman–Crippen MR) is 110 cm³/mol. The molecule has 0 aliphatic heterocycles. The van der Waals surface area contributed by atoms with Gasteiger partial charge in [-0.05, 0) is 25.0 Å². The van der Waals surface area contributed by atoms with E-state index < -0.39 is 0 Å². The van der Waals surface area contributed by atoms with Gasteiger partial charge in [0, 0.05) is 43.7 Å². The topological polar surface area (TPSA) is 46.1 Å². The van der Waals surface area contributed by atoms with Crippen LogP contribution < -0.4 is 14.8 Å². The number of ether oxygens (including phenoxy) is 2. The zero-order chi connectivity index (χ0) is 19.3. The second-order valence-electron chi connectivity index (χ2n) is 7.05. The smallest absolute Gasteiger partial charge is 0.193 e. The Bertz CT molecular complexity index is 800. The Morgan fingerprint density at radius 1 is 1.04 bits per heavy atom. The molecule has 0 bridgehead atoms. The van der Waals surface area contributed by atoms with E-state index in [0.29, 0.717) is 0 Å². The molecule has 27 heavy (non-hydrogen) atoms. The van der Waals surface area contributed by atoms with Gasteiger partial charge in [0.05, 0.1) is 14.2 Å². The molecule has 1 aliphatic carbocycles. The standard InChI is InChI=1S/C22H29N3O2/c1-23-21(25(2)15-17-9-5-7-11-19(17)26-3)24-16-22(13-14-22)18-10-6-8-12-20(18)27-4/h5-12H,13-16H2,1-4H3,(H,23,24). The zero-order valence-electron chi connectivity index (χ0n) is 16.7. The van der Waals surface area contributed by atoms with Crippen molar-refractivity contribution in [2.45, 2.75) is 24.8 Å². The maximum Gasteiger partial charge on any atom is 0.193 e. The third-order valence-corrected chi connectivity index (χ3v) is 5.29. The van der Waals surface area contributed by atoms with Gasteiger partial charge >= 0.3 is 0 Å². The van der Waals surface area contributed by atoms with Gasteiger partial charge in [-0.15, -0.1) is 0 Å². The van der Waals surface area contributed by atoms with Gasteiger partial charge in [-0.25, -0.2) is 0 Å². The molecule has 0 saturated heterocycles. The Kier molecular flexibility index (Phi) is 5.89. The Hall–Kier alpha value is -2.69. The number of methoxy groups -OCH3 is 2. The van der Waals surface area contributed by atoms with E-state index in [9.17, 15) is 0 Å². The lowest BCUT2D eigenvalue weighted by atomic mass is 9.95. The molecule has 3 rings (SSSR count). The molecule has 5 heteroatoms. The van der Waals surface area contributed by atoms with Crippen LogP contribution in [0.5, 0.6) is 11.5 Å². The van der Waals surface area contributed by atoms with E-state index in [1.165, 1.54) is 5.56 Å². The van der Waals surface area contributed by atoms with Crippen molar-refractivity contribution in [3.05, 3.63) is 59.7 Å². The number of para-hydroxylation sites is 2. The van der Waals surface area contributed by atoms with Crippen LogP contribution in [0.15, 0.2) is 53.5 Å². The highest BCUT2D eigenvalue weighted by Gasteiger charge is 2.46. The molecule has 0 spiro atoms. The number of rotatable bonds is 7. The SMILES string of the molecule is CN=C(NCC1(c2ccccc2OC)CC1)N(C)Cc1ccccc1OC. The summed E-state index contributed by atoms with van der Waals surface area (Å²) in [5, 5.41) is 3.56. The van der Waals surface area contributed by atoms with Gasteiger partial charge in [0.2, 0.25) is 0 Å². The largest absolute Gasteiger partial charge is 0.496 e. The molecular weight excluding hydrogens is 338 g/mol. The highest BCUT2D eigenvalue weighted by molar-refractivity contribution is 5.80. The van der Waals surface area contributed by atoms with Crippen molar-refractivity contribution in [3.8, 4) is 11.5 Å². The van der Waals surface area contributed by atoms with E-state index >= 15 is 0 Å². The quantitative estimate of drug-likeness (QED) is 0.601. The van der Waals surface area contributed by atoms with Crippen molar-refractivity contribution in [1.29, 1.82) is 0 Å². The van der Waals surface area contributed by atoms with Gasteiger partial charge in [0.1, 0.15) is 11.5 Å². The van der Waals surface area contributed by atoms with Crippen LogP contribution in [0.1, 0.15) is 24.0 Å². The summed E-state index contributed by atoms with van der Waals surface area (Å²) >= 11 is 0. The number of benzene rings is 2. The minimum atomic E-state index is 0.133. The molecule has 0 amide bonds. The monoisotopic (exact) mass is 367 g/mol. The number of hydrogen-bond acceptors (Lipinski definition) is 3. The van der Waals surface area contributed by atoms with Crippen LogP contribution in [-0.2, 0) is 12.0 Å². The molecule has 1 saturated carbocycles. The van der Waals surface area contributed by atoms with Gasteiger partial charge in [-0.1, -0.05) is 36.4 Å². The summed E-state index contributed by atoms with van der Waals surface area (Å²) in [5.41, 5.74) is 2.55. The highest BCUT2D eigenvalue weighted by Crippen LogP contribution is 2.50. The second-order valence-corrected chi connectivity index (χ2v) is 7.05. The second kappa shape index (κ2) is 8.33. The van der Waals surface area contributed by atoms with Crippen molar-refractivity contribution >= 4 is 5.96 Å². The Morgan fingerprint density at radius 3 is 2.30 bits per heavy atom. The average molecular weight is 367 g/mol. The molecule has 1 fully saturated rings. The summed E-state index contributed by atoms with van der Waals surface area (Å²) < 4.78 is 11.0. The fourth-order valence-electron chi connectivity index (χ4n) is 3.57. The van der Waals surface area contributed by atoms with Crippen LogP contribution in [0, 0.1) is 0 Å². The molecular formula is C22H29N3O2. The van der Waals surface area contributed by atoms with E-state index in [1.54, 1.807) is 14.2 Å². The van der Waals surface area contributed by atoms with Gasteiger partial charge in [0.15, 0.2) is 5.96 Å². The van der Waals surface area contributed by atoms with E-state index in [2.05, 4.69) is 33.4 Å². The zero-order valence-corrected chi connectivity index (χ0v) is 16.7. The van der Waals surface area contributed by atoms with Crippen LogP contribution in [0.3, 0.4) is 0 Å². The average Bonchev–Trinajstić information content (AvgIpc) is 3.49. The third-order valence-electron chi connectivity index (χ3n) is 5.29. The fraction of sp³-hybridized carbons (Fsp3) is 0.409. The first kappa shape index (κ1) is 19.1. The van der Waals surface area contributed by atoms with Crippen molar-refractivity contribution < 1.29 is 9.47 Å². The van der Waals surface area contributed by atoms with E-state index in [0.717, 1.165) is 49.0 Å². The molecule has 2 aromatic rings. The van der Waals surface area contributed by atoms with Crippen LogP contribution in [-0.4, -0.2) is 45.7 Å². The lowest BCUT2D eigenvalue weighted by molar-refractivity contribution is 0.394. The number of aliphatic imine (C=N–C) groups is 1. The highest BCUT2D eigenvalue weighted by atomic mass is 16.5. The first-order valence-corrected chi connectivity index (χ1v) is 9.31. The van der Waals surface area contributed by atoms with Crippen molar-refractivity contribution in [2.75, 3.05) is 34.9 Å². The van der Waals surface area contributed by atoms with Crippen LogP contribution in [0.2, 0.25) is 0 Å². The van der Waals surface area contributed by atoms with Crippen molar-refractivity contribution in [3.63, 3.8) is 0 Å². The fourth-order valence-corrected chi connectivity index (χ4v) is 3.57. The number of nitrogens with zero attached hydrogens (tertiary/aromatic N) is 2. The lowest BCUT2D eigenvalue weighted by Gasteiger charge is -2.26. The molecule has 0 atom stereocenters. The van der Waals surface area contributed by atoms with E-state index in [1.807, 2.05) is 44.4 Å². The number of guanidine groups is 1. The van der Waals surface area contributed by atoms with Crippen LogP contribution >= 0.6 is 0 Å². The van der Waals surface area contributed by atoms with E-state index in [-0.39, 0.29) is 5.41 Å². The molecule has 0 heterocycles. The van der Waals surface area contributed by atoms with Crippen LogP contribution in [0.25, 0.3) is 0 Å². The Morgan fingerprint density at radius 2 is 1.67 bits per heavy atom. The maximum absolute atomic E-state index is 5.57. The normalized spacial score (nSPS) is 15.2. The summed E-state index contributed by atoms with van der Waals surface area (Å²) in [6.07, 6.45) is 2.32. The van der Waals surface area contributed by atoms with Crippen molar-refractivity contribution in [1.82, 2.24) is 10.2 Å². The minimum absolute atomic E-state index is 0.133. The number of hydrogen-bond donors (Lipinski definition) is 1. The van der Waals surface area contributed by atoms with Gasteiger partial charge in [0.25, 0.3) is 0 Å². The molecule has 144 valence electrons. The summed E-state index contributed by atoms with van der Waals surface area (Å²) in [6, 6.07) is 16.4. The maximum atomic E-state index is 5.57. The van der Waals surface area contributed by atoms with Gasteiger partial charge in [-0.3, -0.25) is 4.99 Å². The van der Waals surface area contributed by atoms with Gasteiger partial charge < -0.3 is 19.7 Å². The van der Waals surface area contributed by atoms with Gasteiger partial charge in [-0.2, -0.15) is 0 Å². The predicted octanol–water partition coefficient (Wildman–Crippen LogP) is 3.44. The van der Waals surface area contributed by atoms with Crippen LogP contribution in [0.4, 0.5) is 0 Å². The summed E-state index contributed by atoms with van der Waals surface area (Å²) in [5.74, 6) is 2.74. The number of nitrogens with one attached hydrogen (secondary N) is 1. The van der Waals surface area contributed by atoms with E-state index in [4.69, 9.17) is 9.47 Å².